The zero-order chi connectivity index (χ0) is 21.4. The number of ketones is 1. The molecule has 0 aromatic heterocycles. The lowest BCUT2D eigenvalue weighted by atomic mass is 9.93. The third-order valence-electron chi connectivity index (χ3n) is 5.40. The zero-order valence-corrected chi connectivity index (χ0v) is 16.5. The van der Waals surface area contributed by atoms with Crippen LogP contribution in [0.4, 0.5) is 5.69 Å². The molecule has 0 bridgehead atoms. The Hall–Kier alpha value is -4.31. The Bertz CT molecular complexity index is 1370. The normalized spacial score (nSPS) is 13.2. The molecule has 1 aliphatic rings. The Morgan fingerprint density at radius 2 is 1.32 bits per heavy atom. The van der Waals surface area contributed by atoms with Crippen molar-refractivity contribution in [2.75, 3.05) is 4.90 Å². The summed E-state index contributed by atoms with van der Waals surface area (Å²) in [5.41, 5.74) is 2.41. The van der Waals surface area contributed by atoms with Gasteiger partial charge in [-0.1, -0.05) is 78.9 Å². The van der Waals surface area contributed by atoms with E-state index in [0.717, 1.165) is 5.56 Å². The van der Waals surface area contributed by atoms with Crippen molar-refractivity contribution in [3.63, 3.8) is 0 Å². The van der Waals surface area contributed by atoms with Crippen molar-refractivity contribution in [2.24, 2.45) is 0 Å². The van der Waals surface area contributed by atoms with Crippen molar-refractivity contribution in [2.45, 2.75) is 0 Å². The van der Waals surface area contributed by atoms with E-state index >= 15 is 0 Å². The van der Waals surface area contributed by atoms with Gasteiger partial charge in [-0.3, -0.25) is 14.4 Å². The van der Waals surface area contributed by atoms with Gasteiger partial charge < -0.3 is 0 Å². The number of para-hydroxylation sites is 1. The molecule has 1 aliphatic heterocycles. The first-order valence-electron chi connectivity index (χ1n) is 9.92. The first-order chi connectivity index (χ1) is 15.1. The van der Waals surface area contributed by atoms with Crippen LogP contribution in [0.5, 0.6) is 0 Å². The largest absolute Gasteiger partial charge is 0.289 e. The van der Waals surface area contributed by atoms with Gasteiger partial charge in [0.1, 0.15) is 0 Å². The third-order valence-corrected chi connectivity index (χ3v) is 5.40. The van der Waals surface area contributed by atoms with Crippen molar-refractivity contribution in [1.82, 2.24) is 0 Å². The summed E-state index contributed by atoms with van der Waals surface area (Å²) in [6.07, 6.45) is 3.24. The standard InChI is InChI=1S/C27H17NO3/c29-24(16-15-18-9-3-1-4-10-18)22-17-23-25(21-14-8-7-13-20(21)22)27(31)28(26(23)30)19-11-5-2-6-12-19/h1-17H. The first-order valence-corrected chi connectivity index (χ1v) is 9.92. The third kappa shape index (κ3) is 3.15. The molecule has 4 heteroatoms. The van der Waals surface area contributed by atoms with E-state index in [1.54, 1.807) is 48.5 Å². The molecule has 4 aromatic rings. The molecule has 4 nitrogen and oxygen atoms in total. The average molecular weight is 403 g/mol. The molecule has 5 rings (SSSR count). The van der Waals surface area contributed by atoms with Crippen molar-refractivity contribution < 1.29 is 14.4 Å². The zero-order valence-electron chi connectivity index (χ0n) is 16.5. The SMILES string of the molecule is O=C(C=Cc1ccccc1)c1cc2c(c3ccccc13)C(=O)N(c1ccccc1)C2=O. The number of allylic oxidation sites excluding steroid dienone is 1. The van der Waals surface area contributed by atoms with Gasteiger partial charge >= 0.3 is 0 Å². The van der Waals surface area contributed by atoms with Crippen molar-refractivity contribution in [1.29, 1.82) is 0 Å². The molecule has 0 saturated carbocycles. The van der Waals surface area contributed by atoms with Crippen molar-refractivity contribution in [3.05, 3.63) is 119 Å². The van der Waals surface area contributed by atoms with Gasteiger partial charge in [0.2, 0.25) is 0 Å². The molecule has 1 heterocycles. The summed E-state index contributed by atoms with van der Waals surface area (Å²) in [7, 11) is 0. The van der Waals surface area contributed by atoms with Gasteiger partial charge in [0.05, 0.1) is 16.8 Å². The highest BCUT2D eigenvalue weighted by Crippen LogP contribution is 2.35. The predicted octanol–water partition coefficient (Wildman–Crippen LogP) is 5.54. The van der Waals surface area contributed by atoms with Crippen LogP contribution in [0.1, 0.15) is 36.6 Å². The topological polar surface area (TPSA) is 54.5 Å². The summed E-state index contributed by atoms with van der Waals surface area (Å²) in [6.45, 7) is 0. The van der Waals surface area contributed by atoms with Crippen LogP contribution < -0.4 is 4.90 Å². The van der Waals surface area contributed by atoms with Gasteiger partial charge in [0.15, 0.2) is 5.78 Å². The second-order valence-corrected chi connectivity index (χ2v) is 7.28. The van der Waals surface area contributed by atoms with Gasteiger partial charge in [0, 0.05) is 5.56 Å². The number of carbonyl (C=O) groups is 3. The summed E-state index contributed by atoms with van der Waals surface area (Å²) in [5, 5.41) is 1.26. The Kier molecular flexibility index (Phi) is 4.53. The lowest BCUT2D eigenvalue weighted by Gasteiger charge is -2.13. The quantitative estimate of drug-likeness (QED) is 0.255. The number of imide groups is 1. The molecule has 0 N–H and O–H groups in total. The second-order valence-electron chi connectivity index (χ2n) is 7.28. The van der Waals surface area contributed by atoms with Gasteiger partial charge in [-0.2, -0.15) is 0 Å². The van der Waals surface area contributed by atoms with Crippen LogP contribution in [0.2, 0.25) is 0 Å². The van der Waals surface area contributed by atoms with Gasteiger partial charge in [-0.15, -0.1) is 0 Å². The Labute approximate surface area is 179 Å². The summed E-state index contributed by atoms with van der Waals surface area (Å²) >= 11 is 0. The second kappa shape index (κ2) is 7.50. The fourth-order valence-corrected chi connectivity index (χ4v) is 3.94. The number of hydrogen-bond acceptors (Lipinski definition) is 3. The lowest BCUT2D eigenvalue weighted by Crippen LogP contribution is -2.29. The average Bonchev–Trinajstić information content (AvgIpc) is 3.08. The van der Waals surface area contributed by atoms with Crippen LogP contribution in [-0.4, -0.2) is 17.6 Å². The molecule has 2 amide bonds. The Balaban J connectivity index is 1.64. The minimum atomic E-state index is -0.418. The summed E-state index contributed by atoms with van der Waals surface area (Å²) < 4.78 is 0. The van der Waals surface area contributed by atoms with E-state index in [2.05, 4.69) is 0 Å². The number of nitrogens with zero attached hydrogens (tertiary/aromatic N) is 1. The van der Waals surface area contributed by atoms with E-state index in [9.17, 15) is 14.4 Å². The first kappa shape index (κ1) is 18.7. The minimum Gasteiger partial charge on any atom is -0.289 e. The molecule has 4 aromatic carbocycles. The Morgan fingerprint density at radius 3 is 2.03 bits per heavy atom. The monoisotopic (exact) mass is 403 g/mol. The highest BCUT2D eigenvalue weighted by Gasteiger charge is 2.39. The predicted molar refractivity (Wildman–Crippen MR) is 121 cm³/mol. The Morgan fingerprint density at radius 1 is 0.710 bits per heavy atom. The molecular weight excluding hydrogens is 386 g/mol. The molecule has 0 aliphatic carbocycles. The van der Waals surface area contributed by atoms with Crippen LogP contribution >= 0.6 is 0 Å². The number of rotatable bonds is 4. The number of hydrogen-bond donors (Lipinski definition) is 0. The van der Waals surface area contributed by atoms with E-state index in [1.807, 2.05) is 48.5 Å². The van der Waals surface area contributed by atoms with Crippen molar-refractivity contribution >= 4 is 40.1 Å². The van der Waals surface area contributed by atoms with Crippen molar-refractivity contribution in [3.8, 4) is 0 Å². The number of carbonyl (C=O) groups excluding carboxylic acids is 3. The smallest absolute Gasteiger partial charge is 0.266 e. The number of amides is 2. The number of anilines is 1. The van der Waals surface area contributed by atoms with Gasteiger partial charge in [0.25, 0.3) is 11.8 Å². The molecule has 0 spiro atoms. The number of fused-ring (bicyclic) bond motifs is 3. The summed E-state index contributed by atoms with van der Waals surface area (Å²) in [4.78, 5) is 40.6. The fourth-order valence-electron chi connectivity index (χ4n) is 3.94. The molecule has 0 unspecified atom stereocenters. The maximum absolute atomic E-state index is 13.2. The molecule has 31 heavy (non-hydrogen) atoms. The molecule has 148 valence electrons. The molecular formula is C27H17NO3. The minimum absolute atomic E-state index is 0.221. The van der Waals surface area contributed by atoms with E-state index in [1.165, 1.54) is 11.0 Å². The molecule has 0 radical (unpaired) electrons. The summed E-state index contributed by atoms with van der Waals surface area (Å²) in [5.74, 6) is -1.01. The van der Waals surface area contributed by atoms with Gasteiger partial charge in [-0.25, -0.2) is 4.90 Å². The van der Waals surface area contributed by atoms with E-state index < -0.39 is 5.91 Å². The molecule has 0 fully saturated rings. The van der Waals surface area contributed by atoms with Crippen LogP contribution in [0, 0.1) is 0 Å². The van der Waals surface area contributed by atoms with Crippen LogP contribution in [0.3, 0.4) is 0 Å². The number of benzene rings is 4. The molecule has 0 atom stereocenters. The van der Waals surface area contributed by atoms with Gasteiger partial charge in [-0.05, 0) is 40.6 Å². The van der Waals surface area contributed by atoms with Crippen LogP contribution in [0.25, 0.3) is 16.8 Å². The van der Waals surface area contributed by atoms with Crippen LogP contribution in [0.15, 0.2) is 97.1 Å². The van der Waals surface area contributed by atoms with E-state index in [0.29, 0.717) is 27.6 Å². The molecule has 0 saturated heterocycles. The maximum atomic E-state index is 13.2. The highest BCUT2D eigenvalue weighted by molar-refractivity contribution is 6.38. The maximum Gasteiger partial charge on any atom is 0.266 e. The lowest BCUT2D eigenvalue weighted by molar-refractivity contribution is 0.0926. The highest BCUT2D eigenvalue weighted by atomic mass is 16.2. The van der Waals surface area contributed by atoms with Crippen LogP contribution in [-0.2, 0) is 0 Å². The summed E-state index contributed by atoms with van der Waals surface area (Å²) in [6, 6.07) is 27.1. The van der Waals surface area contributed by atoms with E-state index in [4.69, 9.17) is 0 Å². The fraction of sp³-hybridized carbons (Fsp3) is 0. The van der Waals surface area contributed by atoms with E-state index in [-0.39, 0.29) is 17.3 Å².